The second-order valence-electron chi connectivity index (χ2n) is 7.19. The molecule has 2 bridgehead atoms. The Morgan fingerprint density at radius 1 is 1.16 bits per heavy atom. The van der Waals surface area contributed by atoms with Crippen molar-refractivity contribution in [3.8, 4) is 0 Å². The first-order valence-electron chi connectivity index (χ1n) is 9.21. The zero-order chi connectivity index (χ0) is 17.2. The van der Waals surface area contributed by atoms with Gasteiger partial charge in [0.2, 0.25) is 5.91 Å². The van der Waals surface area contributed by atoms with Crippen LogP contribution >= 0.6 is 11.3 Å². The maximum Gasteiger partial charge on any atom is 0.227 e. The van der Waals surface area contributed by atoms with Crippen molar-refractivity contribution in [2.24, 2.45) is 5.92 Å². The van der Waals surface area contributed by atoms with Crippen LogP contribution in [0.4, 0.5) is 0 Å². The van der Waals surface area contributed by atoms with Crippen LogP contribution in [0.5, 0.6) is 0 Å². The topological polar surface area (TPSA) is 36.4 Å². The maximum absolute atomic E-state index is 12.9. The number of hydrogen-bond donors (Lipinski definition) is 0. The van der Waals surface area contributed by atoms with Gasteiger partial charge >= 0.3 is 0 Å². The lowest BCUT2D eigenvalue weighted by Crippen LogP contribution is -2.47. The summed E-state index contributed by atoms with van der Waals surface area (Å²) >= 11 is 1.60. The number of rotatable bonds is 5. The summed E-state index contributed by atoms with van der Waals surface area (Å²) in [4.78, 5) is 21.9. The fourth-order valence-electron chi connectivity index (χ4n) is 4.25. The molecule has 5 heteroatoms. The molecule has 0 saturated carbocycles. The minimum atomic E-state index is 0.145. The summed E-state index contributed by atoms with van der Waals surface area (Å²) in [6.45, 7) is 5.70. The van der Waals surface area contributed by atoms with Gasteiger partial charge in [0.25, 0.3) is 0 Å². The molecular formula is C20H25N3OS. The first-order valence-corrected chi connectivity index (χ1v) is 10.2. The Morgan fingerprint density at radius 3 is 2.76 bits per heavy atom. The molecule has 3 aliphatic heterocycles. The van der Waals surface area contributed by atoms with E-state index in [1.807, 2.05) is 5.51 Å². The zero-order valence-corrected chi connectivity index (χ0v) is 15.5. The Hall–Kier alpha value is -1.72. The van der Waals surface area contributed by atoms with E-state index >= 15 is 0 Å². The summed E-state index contributed by atoms with van der Waals surface area (Å²) in [5.74, 6) is 0.474. The van der Waals surface area contributed by atoms with Crippen LogP contribution in [0, 0.1) is 5.92 Å². The van der Waals surface area contributed by atoms with Crippen LogP contribution < -0.4 is 0 Å². The monoisotopic (exact) mass is 355 g/mol. The number of aryl methyl sites for hydroxylation is 1. The molecule has 2 aromatic rings. The first-order chi connectivity index (χ1) is 12.2. The molecule has 3 saturated heterocycles. The van der Waals surface area contributed by atoms with Crippen LogP contribution in [0.2, 0.25) is 0 Å². The third-order valence-electron chi connectivity index (χ3n) is 5.58. The largest absolute Gasteiger partial charge is 0.332 e. The van der Waals surface area contributed by atoms with Crippen molar-refractivity contribution in [3.05, 3.63) is 52.0 Å². The van der Waals surface area contributed by atoms with E-state index in [1.165, 1.54) is 11.1 Å². The summed E-state index contributed by atoms with van der Waals surface area (Å²) < 4.78 is 0. The molecule has 0 unspecified atom stereocenters. The second kappa shape index (κ2) is 7.26. The maximum atomic E-state index is 12.9. The highest BCUT2D eigenvalue weighted by molar-refractivity contribution is 7.07. The average Bonchev–Trinajstić information content (AvgIpc) is 3.01. The van der Waals surface area contributed by atoms with Gasteiger partial charge in [-0.1, -0.05) is 31.2 Å². The number of hydrogen-bond acceptors (Lipinski definition) is 4. The van der Waals surface area contributed by atoms with Gasteiger partial charge in [-0.2, -0.15) is 0 Å². The molecule has 3 aliphatic rings. The van der Waals surface area contributed by atoms with Gasteiger partial charge in [0, 0.05) is 31.1 Å². The molecule has 1 amide bonds. The summed E-state index contributed by atoms with van der Waals surface area (Å²) in [6, 6.07) is 9.03. The average molecular weight is 356 g/mol. The van der Waals surface area contributed by atoms with E-state index in [9.17, 15) is 4.79 Å². The Balaban J connectivity index is 1.51. The van der Waals surface area contributed by atoms with Crippen LogP contribution in [0.25, 0.3) is 0 Å². The van der Waals surface area contributed by atoms with Crippen molar-refractivity contribution in [2.75, 3.05) is 13.1 Å². The fourth-order valence-corrected chi connectivity index (χ4v) is 4.80. The lowest BCUT2D eigenvalue weighted by atomic mass is 9.94. The van der Waals surface area contributed by atoms with Gasteiger partial charge < -0.3 is 4.90 Å². The van der Waals surface area contributed by atoms with Crippen molar-refractivity contribution >= 4 is 17.2 Å². The smallest absolute Gasteiger partial charge is 0.227 e. The van der Waals surface area contributed by atoms with E-state index in [4.69, 9.17) is 0 Å². The number of amides is 1. The number of thiazole rings is 1. The van der Waals surface area contributed by atoms with Gasteiger partial charge in [-0.3, -0.25) is 9.69 Å². The number of fused-ring (bicyclic) bond motifs is 4. The molecule has 1 aromatic carbocycles. The van der Waals surface area contributed by atoms with Crippen molar-refractivity contribution < 1.29 is 4.79 Å². The van der Waals surface area contributed by atoms with E-state index in [0.29, 0.717) is 18.5 Å². The normalized spacial score (nSPS) is 23.9. The van der Waals surface area contributed by atoms with Crippen molar-refractivity contribution in [2.45, 2.75) is 45.3 Å². The lowest BCUT2D eigenvalue weighted by molar-refractivity contribution is -0.140. The lowest BCUT2D eigenvalue weighted by Gasteiger charge is -2.35. The minimum absolute atomic E-state index is 0.145. The van der Waals surface area contributed by atoms with Crippen molar-refractivity contribution in [1.29, 1.82) is 0 Å². The molecule has 0 spiro atoms. The Labute approximate surface area is 153 Å². The predicted molar refractivity (Wildman–Crippen MR) is 100 cm³/mol. The van der Waals surface area contributed by atoms with Gasteiger partial charge in [-0.15, -0.1) is 11.3 Å². The van der Waals surface area contributed by atoms with E-state index in [-0.39, 0.29) is 5.92 Å². The molecule has 1 aromatic heterocycles. The van der Waals surface area contributed by atoms with Crippen molar-refractivity contribution in [1.82, 2.24) is 14.8 Å². The molecule has 5 rings (SSSR count). The molecule has 25 heavy (non-hydrogen) atoms. The Morgan fingerprint density at radius 2 is 2.00 bits per heavy atom. The third-order valence-corrected chi connectivity index (χ3v) is 6.21. The summed E-state index contributed by atoms with van der Waals surface area (Å²) in [6.07, 6.45) is 3.21. The highest BCUT2D eigenvalue weighted by Crippen LogP contribution is 2.31. The molecular weight excluding hydrogens is 330 g/mol. The molecule has 0 radical (unpaired) electrons. The third kappa shape index (κ3) is 3.48. The fraction of sp³-hybridized carbons (Fsp3) is 0.500. The van der Waals surface area contributed by atoms with Crippen LogP contribution in [0.3, 0.4) is 0 Å². The molecule has 4 nitrogen and oxygen atoms in total. The van der Waals surface area contributed by atoms with Gasteiger partial charge in [0.05, 0.1) is 23.7 Å². The SMILES string of the molecule is CCc1ccccc1CN1C[C@@H]2CC[C@H](C1)N(Cc1cscn1)C2=O. The molecule has 0 aliphatic carbocycles. The van der Waals surface area contributed by atoms with E-state index in [0.717, 1.165) is 44.6 Å². The zero-order valence-electron chi connectivity index (χ0n) is 14.7. The second-order valence-corrected chi connectivity index (χ2v) is 7.91. The van der Waals surface area contributed by atoms with Gasteiger partial charge in [-0.05, 0) is 30.4 Å². The number of nitrogens with zero attached hydrogens (tertiary/aromatic N) is 3. The number of aromatic nitrogens is 1. The van der Waals surface area contributed by atoms with Crippen LogP contribution in [0.1, 0.15) is 36.6 Å². The van der Waals surface area contributed by atoms with Gasteiger partial charge in [0.15, 0.2) is 0 Å². The number of carbonyl (C=O) groups is 1. The van der Waals surface area contributed by atoms with Crippen LogP contribution in [0.15, 0.2) is 35.2 Å². The highest BCUT2D eigenvalue weighted by atomic mass is 32.1. The molecule has 0 N–H and O–H groups in total. The summed E-state index contributed by atoms with van der Waals surface area (Å²) in [7, 11) is 0. The highest BCUT2D eigenvalue weighted by Gasteiger charge is 2.40. The van der Waals surface area contributed by atoms with E-state index < -0.39 is 0 Å². The standard InChI is InChI=1S/C20H25N3OS/c1-2-15-5-3-4-6-16(15)9-22-10-17-7-8-19(12-22)23(20(17)24)11-18-13-25-14-21-18/h3-6,13-14,17,19H,2,7-12H2,1H3/t17-,19+/m0/s1. The van der Waals surface area contributed by atoms with Crippen LogP contribution in [-0.4, -0.2) is 39.8 Å². The molecule has 4 heterocycles. The van der Waals surface area contributed by atoms with Crippen LogP contribution in [-0.2, 0) is 24.3 Å². The predicted octanol–water partition coefficient (Wildman–Crippen LogP) is 3.33. The summed E-state index contributed by atoms with van der Waals surface area (Å²) in [5.41, 5.74) is 5.70. The number of piperidine rings is 1. The van der Waals surface area contributed by atoms with Gasteiger partial charge in [-0.25, -0.2) is 4.98 Å². The van der Waals surface area contributed by atoms with E-state index in [1.54, 1.807) is 11.3 Å². The van der Waals surface area contributed by atoms with Crippen molar-refractivity contribution in [3.63, 3.8) is 0 Å². The minimum Gasteiger partial charge on any atom is -0.332 e. The number of carbonyl (C=O) groups excluding carboxylic acids is 1. The molecule has 2 atom stereocenters. The quantitative estimate of drug-likeness (QED) is 0.825. The Bertz CT molecular complexity index is 730. The van der Waals surface area contributed by atoms with E-state index in [2.05, 4.69) is 51.4 Å². The first kappa shape index (κ1) is 16.7. The Kier molecular flexibility index (Phi) is 4.86. The van der Waals surface area contributed by atoms with Gasteiger partial charge in [0.1, 0.15) is 0 Å². The number of benzene rings is 1. The molecule has 3 fully saturated rings. The molecule has 132 valence electrons. The summed E-state index contributed by atoms with van der Waals surface area (Å²) in [5, 5.41) is 2.06.